The molecular weight excluding hydrogens is 234 g/mol. The van der Waals surface area contributed by atoms with Crippen LogP contribution in [0.15, 0.2) is 18.2 Å². The first-order chi connectivity index (χ1) is 8.21. The first kappa shape index (κ1) is 14.3. The Labute approximate surface area is 109 Å². The van der Waals surface area contributed by atoms with Crippen molar-refractivity contribution in [2.45, 2.75) is 33.1 Å². The summed E-state index contributed by atoms with van der Waals surface area (Å²) < 4.78 is 5.87. The lowest BCUT2D eigenvalue weighted by Gasteiger charge is -2.16. The first-order valence-electron chi connectivity index (χ1n) is 6.32. The number of rotatable bonds is 7. The zero-order valence-electron chi connectivity index (χ0n) is 10.7. The molecule has 0 unspecified atom stereocenters. The fourth-order valence-electron chi connectivity index (χ4n) is 1.77. The van der Waals surface area contributed by atoms with Gasteiger partial charge in [-0.05, 0) is 42.6 Å². The van der Waals surface area contributed by atoms with Crippen molar-refractivity contribution < 1.29 is 4.74 Å². The molecule has 0 aliphatic heterocycles. The average molecular weight is 256 g/mol. The van der Waals surface area contributed by atoms with Gasteiger partial charge in [0.25, 0.3) is 0 Å². The van der Waals surface area contributed by atoms with Gasteiger partial charge in [-0.1, -0.05) is 38.3 Å². The molecule has 96 valence electrons. The molecule has 1 aromatic carbocycles. The third kappa shape index (κ3) is 4.57. The van der Waals surface area contributed by atoms with Gasteiger partial charge in [0.05, 0.1) is 6.61 Å². The van der Waals surface area contributed by atoms with Gasteiger partial charge in [-0.25, -0.2) is 0 Å². The van der Waals surface area contributed by atoms with E-state index >= 15 is 0 Å². The highest BCUT2D eigenvalue weighted by molar-refractivity contribution is 6.30. The smallest absolute Gasteiger partial charge is 0.122 e. The van der Waals surface area contributed by atoms with Crippen LogP contribution < -0.4 is 10.5 Å². The zero-order valence-corrected chi connectivity index (χ0v) is 11.5. The molecule has 0 fully saturated rings. The van der Waals surface area contributed by atoms with E-state index in [0.717, 1.165) is 42.2 Å². The van der Waals surface area contributed by atoms with Crippen LogP contribution >= 0.6 is 11.6 Å². The molecule has 1 aromatic rings. The molecule has 0 amide bonds. The molecule has 0 heterocycles. The molecule has 0 saturated heterocycles. The second-order valence-electron chi connectivity index (χ2n) is 4.28. The fourth-order valence-corrected chi connectivity index (χ4v) is 1.97. The van der Waals surface area contributed by atoms with Crippen LogP contribution in [-0.2, 0) is 6.42 Å². The largest absolute Gasteiger partial charge is 0.493 e. The minimum absolute atomic E-state index is 0.613. The van der Waals surface area contributed by atoms with E-state index in [2.05, 4.69) is 13.8 Å². The lowest BCUT2D eigenvalue weighted by atomic mass is 10.1. The first-order valence-corrected chi connectivity index (χ1v) is 6.70. The van der Waals surface area contributed by atoms with Crippen molar-refractivity contribution in [1.29, 1.82) is 0 Å². The normalized spacial score (nSPS) is 10.9. The Hall–Kier alpha value is -0.730. The van der Waals surface area contributed by atoms with E-state index < -0.39 is 0 Å². The van der Waals surface area contributed by atoms with Gasteiger partial charge in [0, 0.05) is 5.02 Å². The summed E-state index contributed by atoms with van der Waals surface area (Å²) in [5, 5.41) is 0.739. The predicted octanol–water partition coefficient (Wildman–Crippen LogP) is 3.66. The van der Waals surface area contributed by atoms with E-state index in [9.17, 15) is 0 Å². The van der Waals surface area contributed by atoms with Crippen LogP contribution in [0.1, 0.15) is 32.3 Å². The second kappa shape index (κ2) is 7.57. The van der Waals surface area contributed by atoms with Gasteiger partial charge < -0.3 is 10.5 Å². The predicted molar refractivity (Wildman–Crippen MR) is 73.8 cm³/mol. The Morgan fingerprint density at radius 3 is 2.59 bits per heavy atom. The molecule has 2 nitrogen and oxygen atoms in total. The van der Waals surface area contributed by atoms with Crippen molar-refractivity contribution in [2.24, 2.45) is 11.7 Å². The highest BCUT2D eigenvalue weighted by Gasteiger charge is 2.08. The van der Waals surface area contributed by atoms with Crippen LogP contribution in [0.4, 0.5) is 0 Å². The Morgan fingerprint density at radius 2 is 2.00 bits per heavy atom. The van der Waals surface area contributed by atoms with Crippen molar-refractivity contribution in [3.05, 3.63) is 28.8 Å². The summed E-state index contributed by atoms with van der Waals surface area (Å²) >= 11 is 5.97. The molecule has 17 heavy (non-hydrogen) atoms. The van der Waals surface area contributed by atoms with Gasteiger partial charge in [-0.15, -0.1) is 0 Å². The van der Waals surface area contributed by atoms with Crippen LogP contribution in [0, 0.1) is 5.92 Å². The van der Waals surface area contributed by atoms with E-state index in [4.69, 9.17) is 22.1 Å². The molecule has 0 aliphatic rings. The van der Waals surface area contributed by atoms with Crippen LogP contribution in [0.5, 0.6) is 5.75 Å². The molecule has 3 heteroatoms. The van der Waals surface area contributed by atoms with Crippen molar-refractivity contribution in [2.75, 3.05) is 13.2 Å². The van der Waals surface area contributed by atoms with Crippen molar-refractivity contribution in [3.8, 4) is 5.75 Å². The van der Waals surface area contributed by atoms with Gasteiger partial charge in [0.1, 0.15) is 5.75 Å². The van der Waals surface area contributed by atoms with E-state index in [-0.39, 0.29) is 0 Å². The summed E-state index contributed by atoms with van der Waals surface area (Å²) in [6.45, 7) is 5.77. The summed E-state index contributed by atoms with van der Waals surface area (Å²) in [4.78, 5) is 0. The van der Waals surface area contributed by atoms with E-state index in [1.165, 1.54) is 0 Å². The molecule has 0 saturated carbocycles. The molecule has 2 N–H and O–H groups in total. The summed E-state index contributed by atoms with van der Waals surface area (Å²) in [7, 11) is 0. The van der Waals surface area contributed by atoms with Crippen LogP contribution in [0.25, 0.3) is 0 Å². The number of nitrogens with two attached hydrogens (primary N) is 1. The van der Waals surface area contributed by atoms with Gasteiger partial charge in [0.15, 0.2) is 0 Å². The van der Waals surface area contributed by atoms with Crippen molar-refractivity contribution in [1.82, 2.24) is 0 Å². The van der Waals surface area contributed by atoms with Gasteiger partial charge in [-0.3, -0.25) is 0 Å². The number of hydrogen-bond acceptors (Lipinski definition) is 2. The topological polar surface area (TPSA) is 35.2 Å². The maximum atomic E-state index is 5.97. The third-order valence-corrected chi connectivity index (χ3v) is 3.30. The zero-order chi connectivity index (χ0) is 12.7. The Kier molecular flexibility index (Phi) is 6.38. The molecule has 0 radical (unpaired) electrons. The summed E-state index contributed by atoms with van der Waals surface area (Å²) in [6.07, 6.45) is 3.10. The quantitative estimate of drug-likeness (QED) is 0.807. The molecule has 1 rings (SSSR count). The molecular formula is C14H22ClNO. The standard InChI is InChI=1S/C14H22ClNO/c1-3-11(4-2)10-17-14-6-5-13(15)9-12(14)7-8-16/h5-6,9,11H,3-4,7-8,10,16H2,1-2H3. The Balaban J connectivity index is 2.68. The Bertz CT molecular complexity index is 337. The SMILES string of the molecule is CCC(CC)COc1ccc(Cl)cc1CCN. The minimum atomic E-state index is 0.613. The molecule has 0 aliphatic carbocycles. The van der Waals surface area contributed by atoms with Gasteiger partial charge in [-0.2, -0.15) is 0 Å². The lowest BCUT2D eigenvalue weighted by molar-refractivity contribution is 0.238. The Morgan fingerprint density at radius 1 is 1.29 bits per heavy atom. The highest BCUT2D eigenvalue weighted by atomic mass is 35.5. The van der Waals surface area contributed by atoms with Crippen molar-refractivity contribution >= 4 is 11.6 Å². The summed E-state index contributed by atoms with van der Waals surface area (Å²) in [5.74, 6) is 1.54. The maximum absolute atomic E-state index is 5.97. The van der Waals surface area contributed by atoms with Gasteiger partial charge in [0.2, 0.25) is 0 Å². The maximum Gasteiger partial charge on any atom is 0.122 e. The fraction of sp³-hybridized carbons (Fsp3) is 0.571. The lowest BCUT2D eigenvalue weighted by Crippen LogP contribution is -2.12. The number of halogens is 1. The van der Waals surface area contributed by atoms with Gasteiger partial charge >= 0.3 is 0 Å². The van der Waals surface area contributed by atoms with E-state index in [0.29, 0.717) is 12.5 Å². The van der Waals surface area contributed by atoms with Crippen LogP contribution in [-0.4, -0.2) is 13.2 Å². The molecule has 0 spiro atoms. The van der Waals surface area contributed by atoms with Crippen LogP contribution in [0.2, 0.25) is 5.02 Å². The third-order valence-electron chi connectivity index (χ3n) is 3.07. The van der Waals surface area contributed by atoms with Crippen molar-refractivity contribution in [3.63, 3.8) is 0 Å². The minimum Gasteiger partial charge on any atom is -0.493 e. The van der Waals surface area contributed by atoms with E-state index in [1.54, 1.807) is 0 Å². The second-order valence-corrected chi connectivity index (χ2v) is 4.72. The van der Waals surface area contributed by atoms with Crippen LogP contribution in [0.3, 0.4) is 0 Å². The number of benzene rings is 1. The summed E-state index contributed by atoms with van der Waals surface area (Å²) in [5.41, 5.74) is 6.69. The average Bonchev–Trinajstić information content (AvgIpc) is 2.33. The highest BCUT2D eigenvalue weighted by Crippen LogP contribution is 2.24. The molecule has 0 bridgehead atoms. The van der Waals surface area contributed by atoms with E-state index in [1.807, 2.05) is 18.2 Å². The number of ether oxygens (including phenoxy) is 1. The number of hydrogen-bond donors (Lipinski definition) is 1. The molecule has 0 atom stereocenters. The molecule has 0 aromatic heterocycles. The monoisotopic (exact) mass is 255 g/mol. The summed E-state index contributed by atoms with van der Waals surface area (Å²) in [6, 6.07) is 5.75.